The molecule has 0 aliphatic carbocycles. The highest BCUT2D eigenvalue weighted by Crippen LogP contribution is 2.26. The van der Waals surface area contributed by atoms with Crippen molar-refractivity contribution in [3.63, 3.8) is 0 Å². The van der Waals surface area contributed by atoms with Crippen LogP contribution in [0.15, 0.2) is 59.5 Å². The van der Waals surface area contributed by atoms with Crippen molar-refractivity contribution in [2.45, 2.75) is 33.2 Å². The second-order valence-electron chi connectivity index (χ2n) is 6.65. The summed E-state index contributed by atoms with van der Waals surface area (Å²) in [5, 5.41) is 3.50. The van der Waals surface area contributed by atoms with E-state index in [2.05, 4.69) is 46.2 Å². The number of anilines is 1. The summed E-state index contributed by atoms with van der Waals surface area (Å²) in [5.74, 6) is 1.76. The maximum Gasteiger partial charge on any atom is 0.251 e. The lowest BCUT2D eigenvalue weighted by molar-refractivity contribution is 0.545. The van der Waals surface area contributed by atoms with Crippen LogP contribution in [-0.4, -0.2) is 15.0 Å². The monoisotopic (exact) mass is 348 g/mol. The molecule has 2 heterocycles. The number of rotatable bonds is 6. The molecule has 0 spiro atoms. The lowest BCUT2D eigenvalue weighted by Crippen LogP contribution is -2.17. The van der Waals surface area contributed by atoms with E-state index >= 15 is 0 Å². The van der Waals surface area contributed by atoms with Crippen LogP contribution in [0.25, 0.3) is 11.4 Å². The maximum absolute atomic E-state index is 11.8. The Kier molecular flexibility index (Phi) is 5.46. The van der Waals surface area contributed by atoms with Crippen molar-refractivity contribution in [3.05, 3.63) is 76.3 Å². The molecule has 3 rings (SSSR count). The molecule has 0 radical (unpaired) electrons. The van der Waals surface area contributed by atoms with Crippen LogP contribution in [0.3, 0.4) is 0 Å². The van der Waals surface area contributed by atoms with E-state index in [0.29, 0.717) is 11.7 Å². The molecule has 0 saturated carbocycles. The summed E-state index contributed by atoms with van der Waals surface area (Å²) >= 11 is 0. The first kappa shape index (κ1) is 17.9. The van der Waals surface area contributed by atoms with Crippen LogP contribution in [0.4, 0.5) is 5.82 Å². The molecule has 0 saturated heterocycles. The second-order valence-corrected chi connectivity index (χ2v) is 6.65. The van der Waals surface area contributed by atoms with E-state index < -0.39 is 0 Å². The van der Waals surface area contributed by atoms with Crippen molar-refractivity contribution in [2.75, 3.05) is 5.32 Å². The number of aryl methyl sites for hydroxylation is 1. The molecule has 1 unspecified atom stereocenters. The van der Waals surface area contributed by atoms with Gasteiger partial charge in [0.1, 0.15) is 11.6 Å². The smallest absolute Gasteiger partial charge is 0.251 e. The molecule has 2 N–H and O–H groups in total. The minimum Gasteiger partial charge on any atom is -0.363 e. The predicted molar refractivity (Wildman–Crippen MR) is 105 cm³/mol. The zero-order valence-electron chi connectivity index (χ0n) is 15.4. The van der Waals surface area contributed by atoms with Gasteiger partial charge in [-0.2, -0.15) is 0 Å². The molecule has 5 heteroatoms. The summed E-state index contributed by atoms with van der Waals surface area (Å²) in [4.78, 5) is 23.5. The van der Waals surface area contributed by atoms with Gasteiger partial charge in [0, 0.05) is 23.5 Å². The van der Waals surface area contributed by atoms with E-state index in [0.717, 1.165) is 23.5 Å². The molecule has 2 aromatic heterocycles. The van der Waals surface area contributed by atoms with E-state index in [1.54, 1.807) is 6.20 Å². The molecule has 26 heavy (non-hydrogen) atoms. The third-order valence-electron chi connectivity index (χ3n) is 4.32. The van der Waals surface area contributed by atoms with Gasteiger partial charge in [0.15, 0.2) is 0 Å². The first-order chi connectivity index (χ1) is 12.6. The summed E-state index contributed by atoms with van der Waals surface area (Å²) < 4.78 is 0. The Morgan fingerprint density at radius 2 is 1.88 bits per heavy atom. The number of hydrogen-bond acceptors (Lipinski definition) is 4. The number of pyridine rings is 1. The molecule has 0 amide bonds. The summed E-state index contributed by atoms with van der Waals surface area (Å²) in [6.07, 6.45) is 2.46. The zero-order valence-corrected chi connectivity index (χ0v) is 15.4. The van der Waals surface area contributed by atoms with Crippen molar-refractivity contribution in [1.29, 1.82) is 0 Å². The third-order valence-corrected chi connectivity index (χ3v) is 4.32. The lowest BCUT2D eigenvalue weighted by Gasteiger charge is -2.23. The number of nitrogens with one attached hydrogen (secondary N) is 2. The number of benzene rings is 1. The van der Waals surface area contributed by atoms with Crippen LogP contribution in [-0.2, 0) is 6.42 Å². The Bertz CT molecular complexity index is 901. The normalized spacial score (nSPS) is 12.2. The van der Waals surface area contributed by atoms with Crippen molar-refractivity contribution >= 4 is 5.82 Å². The number of aromatic amines is 1. The molecule has 3 aromatic rings. The van der Waals surface area contributed by atoms with Crippen LogP contribution in [0.1, 0.15) is 38.1 Å². The fraction of sp³-hybridized carbons (Fsp3) is 0.286. The molecule has 1 atom stereocenters. The van der Waals surface area contributed by atoms with Crippen molar-refractivity contribution in [2.24, 2.45) is 5.92 Å². The zero-order chi connectivity index (χ0) is 18.5. The highest BCUT2D eigenvalue weighted by atomic mass is 16.1. The Labute approximate surface area is 153 Å². The molecule has 134 valence electrons. The van der Waals surface area contributed by atoms with Gasteiger partial charge in [-0.15, -0.1) is 0 Å². The molecule has 5 nitrogen and oxygen atoms in total. The molecular formula is C21H24N4O. The Hall–Kier alpha value is -2.95. The SMILES string of the molecule is CCc1cc(=O)[nH]c(-c2ccc(NC(c3ccccc3)C(C)C)nc2)n1. The van der Waals surface area contributed by atoms with E-state index in [4.69, 9.17) is 0 Å². The highest BCUT2D eigenvalue weighted by molar-refractivity contribution is 5.56. The van der Waals surface area contributed by atoms with Gasteiger partial charge < -0.3 is 10.3 Å². The maximum atomic E-state index is 11.8. The van der Waals surface area contributed by atoms with Gasteiger partial charge in [-0.25, -0.2) is 9.97 Å². The topological polar surface area (TPSA) is 70.7 Å². The largest absolute Gasteiger partial charge is 0.363 e. The number of nitrogens with zero attached hydrogens (tertiary/aromatic N) is 2. The molecular weight excluding hydrogens is 324 g/mol. The van der Waals surface area contributed by atoms with Gasteiger partial charge >= 0.3 is 0 Å². The predicted octanol–water partition coefficient (Wildman–Crippen LogP) is 4.20. The first-order valence-corrected chi connectivity index (χ1v) is 8.95. The van der Waals surface area contributed by atoms with Crippen molar-refractivity contribution < 1.29 is 0 Å². The average molecular weight is 348 g/mol. The van der Waals surface area contributed by atoms with E-state index in [9.17, 15) is 4.79 Å². The standard InChI is InChI=1S/C21H24N4O/c1-4-17-12-19(26)25-21(23-17)16-10-11-18(22-13-16)24-20(14(2)3)15-8-6-5-7-9-15/h5-14,20H,4H2,1-3H3,(H,22,24)(H,23,25,26). The van der Waals surface area contributed by atoms with Gasteiger partial charge in [0.25, 0.3) is 5.56 Å². The summed E-state index contributed by atoms with van der Waals surface area (Å²) in [6.45, 7) is 6.35. The lowest BCUT2D eigenvalue weighted by atomic mass is 9.96. The molecule has 0 fully saturated rings. The molecule has 0 aliphatic rings. The Morgan fingerprint density at radius 3 is 2.50 bits per heavy atom. The summed E-state index contributed by atoms with van der Waals surface area (Å²) in [7, 11) is 0. The van der Waals surface area contributed by atoms with Gasteiger partial charge in [-0.1, -0.05) is 51.1 Å². The van der Waals surface area contributed by atoms with Gasteiger partial charge in [0.05, 0.1) is 6.04 Å². The Morgan fingerprint density at radius 1 is 1.12 bits per heavy atom. The fourth-order valence-electron chi connectivity index (χ4n) is 2.90. The van der Waals surface area contributed by atoms with Crippen LogP contribution in [0, 0.1) is 5.92 Å². The number of hydrogen-bond donors (Lipinski definition) is 2. The Balaban J connectivity index is 1.83. The molecule has 1 aromatic carbocycles. The van der Waals surface area contributed by atoms with E-state index in [1.807, 2.05) is 37.3 Å². The van der Waals surface area contributed by atoms with E-state index in [-0.39, 0.29) is 11.6 Å². The van der Waals surface area contributed by atoms with Gasteiger partial charge in [-0.3, -0.25) is 4.79 Å². The number of aromatic nitrogens is 3. The van der Waals surface area contributed by atoms with Gasteiger partial charge in [0.2, 0.25) is 0 Å². The number of H-pyrrole nitrogens is 1. The van der Waals surface area contributed by atoms with Crippen molar-refractivity contribution in [1.82, 2.24) is 15.0 Å². The van der Waals surface area contributed by atoms with Crippen molar-refractivity contribution in [3.8, 4) is 11.4 Å². The quantitative estimate of drug-likeness (QED) is 0.700. The highest BCUT2D eigenvalue weighted by Gasteiger charge is 2.16. The summed E-state index contributed by atoms with van der Waals surface area (Å²) in [6, 6.07) is 15.9. The second kappa shape index (κ2) is 7.95. The van der Waals surface area contributed by atoms with Crippen LogP contribution >= 0.6 is 0 Å². The summed E-state index contributed by atoms with van der Waals surface area (Å²) in [5.41, 5.74) is 2.66. The van der Waals surface area contributed by atoms with Crippen LogP contribution in [0.2, 0.25) is 0 Å². The van der Waals surface area contributed by atoms with Gasteiger partial charge in [-0.05, 0) is 30.0 Å². The average Bonchev–Trinajstić information content (AvgIpc) is 2.66. The van der Waals surface area contributed by atoms with Crippen LogP contribution < -0.4 is 10.9 Å². The minimum absolute atomic E-state index is 0.141. The third kappa shape index (κ3) is 4.17. The van der Waals surface area contributed by atoms with E-state index in [1.165, 1.54) is 11.6 Å². The minimum atomic E-state index is -0.141. The molecule has 0 bridgehead atoms. The fourth-order valence-corrected chi connectivity index (χ4v) is 2.90. The van der Waals surface area contributed by atoms with Crippen LogP contribution in [0.5, 0.6) is 0 Å². The molecule has 0 aliphatic heterocycles. The first-order valence-electron chi connectivity index (χ1n) is 8.95.